The lowest BCUT2D eigenvalue weighted by molar-refractivity contribution is -0.976. The quantitative estimate of drug-likeness (QED) is 0.565. The Morgan fingerprint density at radius 2 is 1.11 bits per heavy atom. The maximum absolute atomic E-state index is 9.72. The number of carbonyl (C=O) groups excluding carboxylic acids is 1. The first-order chi connectivity index (χ1) is 13.4. The molecule has 3 aliphatic rings. The fraction of sp³-hybridized carbons (Fsp3) is 0.950. The van der Waals surface area contributed by atoms with Gasteiger partial charge in [0.15, 0.2) is 0 Å². The Balaban J connectivity index is 0.000000266. The highest BCUT2D eigenvalue weighted by molar-refractivity contribution is 7.46. The SMILES string of the molecule is C1CCC([NH+](C2CCCCC2)C2CCCCC2)CC1.O=C([O-])COP(=O)(O)O. The van der Waals surface area contributed by atoms with Crippen LogP contribution in [0.25, 0.3) is 0 Å². The molecule has 0 bridgehead atoms. The molecule has 0 atom stereocenters. The van der Waals surface area contributed by atoms with Gasteiger partial charge < -0.3 is 24.6 Å². The van der Waals surface area contributed by atoms with Crippen LogP contribution < -0.4 is 10.0 Å². The van der Waals surface area contributed by atoms with Crippen molar-refractivity contribution in [2.24, 2.45) is 0 Å². The van der Waals surface area contributed by atoms with Gasteiger partial charge in [-0.1, -0.05) is 19.3 Å². The van der Waals surface area contributed by atoms with E-state index in [1.165, 1.54) is 57.8 Å². The smallest absolute Gasteiger partial charge is 0.469 e. The summed E-state index contributed by atoms with van der Waals surface area (Å²) in [5, 5.41) is 9.47. The van der Waals surface area contributed by atoms with Gasteiger partial charge in [-0.15, -0.1) is 0 Å². The van der Waals surface area contributed by atoms with Gasteiger partial charge in [0.25, 0.3) is 0 Å². The largest absolute Gasteiger partial charge is 0.548 e. The summed E-state index contributed by atoms with van der Waals surface area (Å²) in [6, 6.07) is 3.12. The van der Waals surface area contributed by atoms with Gasteiger partial charge in [-0.2, -0.15) is 0 Å². The van der Waals surface area contributed by atoms with Crippen molar-refractivity contribution in [3.63, 3.8) is 0 Å². The molecule has 0 unspecified atom stereocenters. The maximum Gasteiger partial charge on any atom is 0.469 e. The topological polar surface area (TPSA) is 111 Å². The van der Waals surface area contributed by atoms with E-state index in [4.69, 9.17) is 9.79 Å². The Morgan fingerprint density at radius 1 is 0.786 bits per heavy atom. The molecular weight excluding hydrogens is 381 g/mol. The van der Waals surface area contributed by atoms with Crippen LogP contribution in [0.1, 0.15) is 96.3 Å². The Hall–Kier alpha value is -0.460. The summed E-state index contributed by atoms with van der Waals surface area (Å²) in [6.07, 6.45) is 22.9. The molecule has 3 rings (SSSR count). The predicted octanol–water partition coefficient (Wildman–Crippen LogP) is 1.71. The van der Waals surface area contributed by atoms with Crippen LogP contribution in [-0.4, -0.2) is 40.5 Å². The Kier molecular flexibility index (Phi) is 10.4. The first-order valence-corrected chi connectivity index (χ1v) is 12.7. The van der Waals surface area contributed by atoms with Crippen molar-refractivity contribution in [3.8, 4) is 0 Å². The third kappa shape index (κ3) is 8.91. The summed E-state index contributed by atoms with van der Waals surface area (Å²) >= 11 is 0. The van der Waals surface area contributed by atoms with Gasteiger partial charge in [-0.25, -0.2) is 4.57 Å². The second kappa shape index (κ2) is 12.3. The van der Waals surface area contributed by atoms with E-state index in [2.05, 4.69) is 9.42 Å². The number of aliphatic carboxylic acids is 1. The summed E-state index contributed by atoms with van der Waals surface area (Å²) in [5.74, 6) is -1.67. The molecule has 3 aliphatic carbocycles. The Labute approximate surface area is 169 Å². The van der Waals surface area contributed by atoms with Gasteiger partial charge >= 0.3 is 7.82 Å². The number of nitrogens with one attached hydrogen (secondary N) is 1. The fourth-order valence-corrected chi connectivity index (χ4v) is 5.72. The number of carboxylic acid groups (broad SMARTS) is 1. The summed E-state index contributed by atoms with van der Waals surface area (Å²) in [7, 11) is -4.64. The molecule has 7 nitrogen and oxygen atoms in total. The molecule has 0 radical (unpaired) electrons. The minimum absolute atomic E-state index is 1.04. The molecule has 3 fully saturated rings. The van der Waals surface area contributed by atoms with Crippen molar-refractivity contribution in [1.82, 2.24) is 0 Å². The molecule has 28 heavy (non-hydrogen) atoms. The molecule has 0 spiro atoms. The van der Waals surface area contributed by atoms with Crippen LogP contribution in [0.2, 0.25) is 0 Å². The zero-order chi connectivity index (χ0) is 20.4. The highest BCUT2D eigenvalue weighted by atomic mass is 31.2. The van der Waals surface area contributed by atoms with E-state index in [1.807, 2.05) is 0 Å². The van der Waals surface area contributed by atoms with Crippen molar-refractivity contribution < 1.29 is 33.7 Å². The number of carboxylic acids is 1. The van der Waals surface area contributed by atoms with Crippen molar-refractivity contribution in [2.45, 2.75) is 114 Å². The van der Waals surface area contributed by atoms with Crippen LogP contribution in [0.5, 0.6) is 0 Å². The first-order valence-electron chi connectivity index (χ1n) is 11.1. The van der Waals surface area contributed by atoms with Crippen molar-refractivity contribution in [1.29, 1.82) is 0 Å². The van der Waals surface area contributed by atoms with E-state index >= 15 is 0 Å². The van der Waals surface area contributed by atoms with E-state index < -0.39 is 20.4 Å². The molecule has 3 saturated carbocycles. The summed E-state index contributed by atoms with van der Waals surface area (Å²) in [4.78, 5) is 27.3. The van der Waals surface area contributed by atoms with E-state index in [0.717, 1.165) is 18.1 Å². The van der Waals surface area contributed by atoms with E-state index in [1.54, 1.807) is 38.5 Å². The summed E-state index contributed by atoms with van der Waals surface area (Å²) in [5.41, 5.74) is 0. The molecule has 3 N–H and O–H groups in total. The Morgan fingerprint density at radius 3 is 1.32 bits per heavy atom. The van der Waals surface area contributed by atoms with Gasteiger partial charge in [0, 0.05) is 0 Å². The maximum atomic E-state index is 9.72. The first kappa shape index (κ1) is 23.8. The average molecular weight is 419 g/mol. The van der Waals surface area contributed by atoms with Crippen LogP contribution in [0, 0.1) is 0 Å². The lowest BCUT2D eigenvalue weighted by atomic mass is 9.84. The second-order valence-electron chi connectivity index (χ2n) is 8.64. The minimum atomic E-state index is -4.64. The molecular formula is C20H38NO6P. The molecule has 0 saturated heterocycles. The third-order valence-corrected chi connectivity index (χ3v) is 7.05. The van der Waals surface area contributed by atoms with Crippen molar-refractivity contribution >= 4 is 13.8 Å². The molecule has 0 aromatic rings. The van der Waals surface area contributed by atoms with Crippen LogP contribution in [0.4, 0.5) is 0 Å². The van der Waals surface area contributed by atoms with Gasteiger partial charge in [-0.3, -0.25) is 4.52 Å². The molecule has 0 aliphatic heterocycles. The number of hydrogen-bond acceptors (Lipinski definition) is 4. The second-order valence-corrected chi connectivity index (χ2v) is 9.88. The predicted molar refractivity (Wildman–Crippen MR) is 105 cm³/mol. The van der Waals surface area contributed by atoms with E-state index in [9.17, 15) is 14.5 Å². The minimum Gasteiger partial charge on any atom is -0.548 e. The average Bonchev–Trinajstić information content (AvgIpc) is 2.69. The van der Waals surface area contributed by atoms with E-state index in [0.29, 0.717) is 0 Å². The molecule has 0 aromatic heterocycles. The fourth-order valence-electron chi connectivity index (χ4n) is 5.44. The number of phosphoric ester groups is 1. The van der Waals surface area contributed by atoms with E-state index in [-0.39, 0.29) is 0 Å². The molecule has 0 aromatic carbocycles. The zero-order valence-electron chi connectivity index (χ0n) is 17.0. The van der Waals surface area contributed by atoms with Gasteiger partial charge in [0.05, 0.1) is 30.7 Å². The number of carbonyl (C=O) groups is 1. The lowest BCUT2D eigenvalue weighted by Gasteiger charge is -2.44. The van der Waals surface area contributed by atoms with Gasteiger partial charge in [0.1, 0.15) is 0 Å². The normalized spacial score (nSPS) is 23.2. The van der Waals surface area contributed by atoms with Crippen molar-refractivity contribution in [2.75, 3.05) is 6.61 Å². The Bertz CT molecular complexity index is 450. The lowest BCUT2D eigenvalue weighted by Crippen LogP contribution is -3.22. The number of hydrogen-bond donors (Lipinski definition) is 3. The molecule has 164 valence electrons. The highest BCUT2D eigenvalue weighted by Gasteiger charge is 2.37. The molecule has 0 heterocycles. The number of quaternary nitrogens is 1. The van der Waals surface area contributed by atoms with Gasteiger partial charge in [0.2, 0.25) is 0 Å². The van der Waals surface area contributed by atoms with Crippen LogP contribution >= 0.6 is 7.82 Å². The van der Waals surface area contributed by atoms with Crippen molar-refractivity contribution in [3.05, 3.63) is 0 Å². The molecule has 0 amide bonds. The standard InChI is InChI=1S/C18H33N.C2H5O6P/c1-4-10-16(11-5-1)19(17-12-6-2-7-13-17)18-14-8-3-9-15-18;3-2(4)1-8-9(5,6)7/h16-18H,1-15H2;1H2,(H,3,4)(H2,5,6,7). The highest BCUT2D eigenvalue weighted by Crippen LogP contribution is 2.35. The monoisotopic (exact) mass is 419 g/mol. The van der Waals surface area contributed by atoms with Crippen LogP contribution in [-0.2, 0) is 13.9 Å². The summed E-state index contributed by atoms with van der Waals surface area (Å²) < 4.78 is 13.2. The van der Waals surface area contributed by atoms with Gasteiger partial charge in [-0.05, 0) is 77.0 Å². The zero-order valence-corrected chi connectivity index (χ0v) is 17.9. The summed E-state index contributed by atoms with van der Waals surface area (Å²) in [6.45, 7) is -1.09. The number of rotatable bonds is 6. The van der Waals surface area contributed by atoms with Crippen LogP contribution in [0.3, 0.4) is 0 Å². The van der Waals surface area contributed by atoms with Crippen LogP contribution in [0.15, 0.2) is 0 Å². The third-order valence-electron chi connectivity index (χ3n) is 6.58. The molecule has 8 heteroatoms. The number of phosphoric acid groups is 1.